The summed E-state index contributed by atoms with van der Waals surface area (Å²) >= 11 is 1.51. The number of benzene rings is 1. The van der Waals surface area contributed by atoms with Crippen molar-refractivity contribution in [1.29, 1.82) is 0 Å². The van der Waals surface area contributed by atoms with Gasteiger partial charge < -0.3 is 5.32 Å². The van der Waals surface area contributed by atoms with Gasteiger partial charge in [0.25, 0.3) is 0 Å². The molecule has 0 unspecified atom stereocenters. The molecule has 0 fully saturated rings. The largest absolute Gasteiger partial charge is 0.324 e. The number of fused-ring (bicyclic) bond motifs is 1. The molecule has 6 heteroatoms. The van der Waals surface area contributed by atoms with Crippen LogP contribution in [-0.2, 0) is 11.2 Å². The summed E-state index contributed by atoms with van der Waals surface area (Å²) in [6, 6.07) is 13.5. The highest BCUT2D eigenvalue weighted by molar-refractivity contribution is 7.13. The van der Waals surface area contributed by atoms with Crippen LogP contribution in [0.1, 0.15) is 5.69 Å². The molecule has 0 spiro atoms. The van der Waals surface area contributed by atoms with Crippen molar-refractivity contribution in [1.82, 2.24) is 15.0 Å². The van der Waals surface area contributed by atoms with Crippen LogP contribution < -0.4 is 5.32 Å². The Kier molecular flexibility index (Phi) is 4.18. The highest BCUT2D eigenvalue weighted by Crippen LogP contribution is 2.23. The molecule has 0 aliphatic carbocycles. The third-order valence-corrected chi connectivity index (χ3v) is 4.62. The van der Waals surface area contributed by atoms with Gasteiger partial charge in [-0.25, -0.2) is 4.98 Å². The number of rotatable bonds is 4. The molecule has 3 heterocycles. The zero-order chi connectivity index (χ0) is 17.1. The van der Waals surface area contributed by atoms with Gasteiger partial charge in [-0.2, -0.15) is 0 Å². The van der Waals surface area contributed by atoms with Gasteiger partial charge in [-0.1, -0.05) is 18.2 Å². The monoisotopic (exact) mass is 346 g/mol. The second-order valence-corrected chi connectivity index (χ2v) is 6.39. The second kappa shape index (κ2) is 6.78. The lowest BCUT2D eigenvalue weighted by Gasteiger charge is -2.05. The number of hydrogen-bond donors (Lipinski definition) is 1. The molecule has 0 radical (unpaired) electrons. The van der Waals surface area contributed by atoms with E-state index in [0.29, 0.717) is 5.69 Å². The Hall–Kier alpha value is -3.12. The van der Waals surface area contributed by atoms with Crippen LogP contribution in [0.15, 0.2) is 66.4 Å². The molecule has 4 rings (SSSR count). The quantitative estimate of drug-likeness (QED) is 0.608. The molecule has 1 amide bonds. The van der Waals surface area contributed by atoms with Crippen molar-refractivity contribution in [2.45, 2.75) is 6.42 Å². The Bertz CT molecular complexity index is 1030. The molecule has 0 atom stereocenters. The maximum absolute atomic E-state index is 12.3. The molecule has 0 saturated carbocycles. The number of carbonyl (C=O) groups excluding carboxylic acids is 1. The zero-order valence-electron chi connectivity index (χ0n) is 13.2. The Morgan fingerprint density at radius 1 is 1.12 bits per heavy atom. The minimum Gasteiger partial charge on any atom is -0.324 e. The average molecular weight is 346 g/mol. The molecule has 0 aliphatic heterocycles. The van der Waals surface area contributed by atoms with E-state index in [9.17, 15) is 4.79 Å². The van der Waals surface area contributed by atoms with Crippen LogP contribution in [0.3, 0.4) is 0 Å². The van der Waals surface area contributed by atoms with E-state index < -0.39 is 0 Å². The minimum atomic E-state index is -0.111. The lowest BCUT2D eigenvalue weighted by atomic mass is 10.2. The average Bonchev–Trinajstić information content (AvgIpc) is 3.10. The van der Waals surface area contributed by atoms with Gasteiger partial charge in [0, 0.05) is 28.7 Å². The maximum Gasteiger partial charge on any atom is 0.230 e. The number of thiazole rings is 1. The fraction of sp³-hybridized carbons (Fsp3) is 0.0526. The lowest BCUT2D eigenvalue weighted by molar-refractivity contribution is -0.115. The molecular formula is C19H14N4OS. The van der Waals surface area contributed by atoms with Crippen molar-refractivity contribution in [2.24, 2.45) is 0 Å². The van der Waals surface area contributed by atoms with E-state index >= 15 is 0 Å². The van der Waals surface area contributed by atoms with E-state index in [1.165, 1.54) is 11.3 Å². The lowest BCUT2D eigenvalue weighted by Crippen LogP contribution is -2.14. The van der Waals surface area contributed by atoms with Crippen LogP contribution in [0.25, 0.3) is 21.5 Å². The summed E-state index contributed by atoms with van der Waals surface area (Å²) in [6.45, 7) is 0. The molecular weight excluding hydrogens is 332 g/mol. The summed E-state index contributed by atoms with van der Waals surface area (Å²) < 4.78 is 0. The fourth-order valence-corrected chi connectivity index (χ4v) is 3.33. The van der Waals surface area contributed by atoms with Gasteiger partial charge in [-0.3, -0.25) is 14.8 Å². The van der Waals surface area contributed by atoms with Crippen molar-refractivity contribution >= 4 is 33.8 Å². The fourth-order valence-electron chi connectivity index (χ4n) is 2.52. The SMILES string of the molecule is O=C(Cc1csc(-c2cccnc2)n1)Nc1cnc2ccccc2c1. The summed E-state index contributed by atoms with van der Waals surface area (Å²) in [6.07, 6.45) is 5.39. The molecule has 1 N–H and O–H groups in total. The molecule has 5 nitrogen and oxygen atoms in total. The number of nitrogens with zero attached hydrogens (tertiary/aromatic N) is 3. The predicted octanol–water partition coefficient (Wildman–Crippen LogP) is 3.93. The summed E-state index contributed by atoms with van der Waals surface area (Å²) in [5.74, 6) is -0.111. The van der Waals surface area contributed by atoms with Crippen LogP contribution in [0, 0.1) is 0 Å². The summed E-state index contributed by atoms with van der Waals surface area (Å²) in [7, 11) is 0. The van der Waals surface area contributed by atoms with Crippen molar-refractivity contribution in [3.05, 3.63) is 72.1 Å². The standard InChI is InChI=1S/C19H14N4OS/c24-18(22-15-8-13-4-1-2-6-17(13)21-11-15)9-16-12-25-19(23-16)14-5-3-7-20-10-14/h1-8,10-12H,9H2,(H,22,24). The van der Waals surface area contributed by atoms with E-state index in [1.54, 1.807) is 18.6 Å². The summed E-state index contributed by atoms with van der Waals surface area (Å²) in [4.78, 5) is 25.2. The van der Waals surface area contributed by atoms with Crippen LogP contribution in [0.5, 0.6) is 0 Å². The third-order valence-electron chi connectivity index (χ3n) is 3.68. The number of aromatic nitrogens is 3. The number of carbonyl (C=O) groups is 1. The van der Waals surface area contributed by atoms with E-state index in [1.807, 2.05) is 47.8 Å². The van der Waals surface area contributed by atoms with Crippen molar-refractivity contribution in [3.63, 3.8) is 0 Å². The molecule has 4 aromatic rings. The van der Waals surface area contributed by atoms with Gasteiger partial charge in [0.15, 0.2) is 0 Å². The van der Waals surface area contributed by atoms with Gasteiger partial charge in [0.2, 0.25) is 5.91 Å². The van der Waals surface area contributed by atoms with Crippen LogP contribution in [0.4, 0.5) is 5.69 Å². The molecule has 25 heavy (non-hydrogen) atoms. The van der Waals surface area contributed by atoms with Gasteiger partial charge in [-0.15, -0.1) is 11.3 Å². The second-order valence-electron chi connectivity index (χ2n) is 5.53. The van der Waals surface area contributed by atoms with Gasteiger partial charge >= 0.3 is 0 Å². The Morgan fingerprint density at radius 2 is 2.04 bits per heavy atom. The number of para-hydroxylation sites is 1. The predicted molar refractivity (Wildman–Crippen MR) is 99.4 cm³/mol. The molecule has 122 valence electrons. The normalized spacial score (nSPS) is 10.7. The van der Waals surface area contributed by atoms with Gasteiger partial charge in [0.05, 0.1) is 29.5 Å². The molecule has 0 aliphatic rings. The van der Waals surface area contributed by atoms with Crippen LogP contribution in [-0.4, -0.2) is 20.9 Å². The first-order chi connectivity index (χ1) is 12.3. The van der Waals surface area contributed by atoms with E-state index in [4.69, 9.17) is 0 Å². The zero-order valence-corrected chi connectivity index (χ0v) is 14.0. The van der Waals surface area contributed by atoms with E-state index in [-0.39, 0.29) is 12.3 Å². The number of nitrogens with one attached hydrogen (secondary N) is 1. The van der Waals surface area contributed by atoms with E-state index in [0.717, 1.165) is 27.2 Å². The highest BCUT2D eigenvalue weighted by atomic mass is 32.1. The smallest absolute Gasteiger partial charge is 0.230 e. The number of pyridine rings is 2. The number of anilines is 1. The molecule has 0 saturated heterocycles. The first kappa shape index (κ1) is 15.4. The van der Waals surface area contributed by atoms with Crippen LogP contribution >= 0.6 is 11.3 Å². The Labute approximate surface area is 148 Å². The minimum absolute atomic E-state index is 0.111. The Balaban J connectivity index is 1.46. The van der Waals surface area contributed by atoms with Gasteiger partial charge in [0.1, 0.15) is 5.01 Å². The molecule has 0 bridgehead atoms. The number of hydrogen-bond acceptors (Lipinski definition) is 5. The van der Waals surface area contributed by atoms with Gasteiger partial charge in [-0.05, 0) is 24.3 Å². The van der Waals surface area contributed by atoms with E-state index in [2.05, 4.69) is 20.3 Å². The van der Waals surface area contributed by atoms with Crippen molar-refractivity contribution in [3.8, 4) is 10.6 Å². The molecule has 1 aromatic carbocycles. The summed E-state index contributed by atoms with van der Waals surface area (Å²) in [5.41, 5.74) is 3.29. The van der Waals surface area contributed by atoms with Crippen LogP contribution in [0.2, 0.25) is 0 Å². The first-order valence-corrected chi connectivity index (χ1v) is 8.65. The Morgan fingerprint density at radius 3 is 2.92 bits per heavy atom. The van der Waals surface area contributed by atoms with Crippen molar-refractivity contribution in [2.75, 3.05) is 5.32 Å². The molecule has 3 aromatic heterocycles. The maximum atomic E-state index is 12.3. The topological polar surface area (TPSA) is 67.8 Å². The van der Waals surface area contributed by atoms with Crippen molar-refractivity contribution < 1.29 is 4.79 Å². The first-order valence-electron chi connectivity index (χ1n) is 7.77. The highest BCUT2D eigenvalue weighted by Gasteiger charge is 2.10. The number of amides is 1. The summed E-state index contributed by atoms with van der Waals surface area (Å²) in [5, 5.41) is 6.64. The third kappa shape index (κ3) is 3.54.